The van der Waals surface area contributed by atoms with Crippen LogP contribution in [0.5, 0.6) is 0 Å². The molecule has 0 amide bonds. The second-order valence-corrected chi connectivity index (χ2v) is 7.61. The van der Waals surface area contributed by atoms with Crippen LogP contribution < -0.4 is 10.0 Å². The molecular formula is C13H21Cl4N3O2S. The van der Waals surface area contributed by atoms with E-state index in [1.807, 2.05) is 0 Å². The number of benzene rings is 1. The molecule has 1 aromatic rings. The van der Waals surface area contributed by atoms with E-state index in [9.17, 15) is 8.42 Å². The van der Waals surface area contributed by atoms with Gasteiger partial charge in [0.2, 0.25) is 10.0 Å². The topological polar surface area (TPSA) is 61.4 Å². The third-order valence-corrected chi connectivity index (χ3v) is 5.40. The SMILES string of the molecule is Cl.Cl.O=S(=O)(Cc1ccc(Cl)c(Cl)c1)NCCN1CCNCC1. The van der Waals surface area contributed by atoms with Gasteiger partial charge in [0, 0.05) is 39.3 Å². The average Bonchev–Trinajstić information content (AvgIpc) is 2.43. The summed E-state index contributed by atoms with van der Waals surface area (Å²) < 4.78 is 26.7. The predicted molar refractivity (Wildman–Crippen MR) is 101 cm³/mol. The number of nitrogens with one attached hydrogen (secondary N) is 2. The first kappa shape index (κ1) is 23.2. The molecule has 1 aromatic carbocycles. The van der Waals surface area contributed by atoms with E-state index in [0.29, 0.717) is 22.2 Å². The minimum atomic E-state index is -3.36. The van der Waals surface area contributed by atoms with Crippen molar-refractivity contribution in [2.75, 3.05) is 39.3 Å². The van der Waals surface area contributed by atoms with E-state index in [0.717, 1.165) is 32.7 Å². The van der Waals surface area contributed by atoms with E-state index in [1.165, 1.54) is 0 Å². The van der Waals surface area contributed by atoms with E-state index in [4.69, 9.17) is 23.2 Å². The minimum absolute atomic E-state index is 0. The van der Waals surface area contributed by atoms with Crippen molar-refractivity contribution in [3.05, 3.63) is 33.8 Å². The van der Waals surface area contributed by atoms with Crippen LogP contribution in [0, 0.1) is 0 Å². The zero-order valence-corrected chi connectivity index (χ0v) is 16.4. The molecule has 1 aliphatic heterocycles. The summed E-state index contributed by atoms with van der Waals surface area (Å²) in [6.07, 6.45) is 0. The van der Waals surface area contributed by atoms with Gasteiger partial charge < -0.3 is 5.32 Å². The number of hydrogen-bond acceptors (Lipinski definition) is 4. The standard InChI is InChI=1S/C13H19Cl2N3O2S.2ClH/c14-12-2-1-11(9-13(12)15)10-21(19,20)17-5-8-18-6-3-16-4-7-18;;/h1-2,9,16-17H,3-8,10H2;2*1H. The van der Waals surface area contributed by atoms with E-state index < -0.39 is 10.0 Å². The summed E-state index contributed by atoms with van der Waals surface area (Å²) >= 11 is 11.7. The van der Waals surface area contributed by atoms with Crippen LogP contribution in [-0.4, -0.2) is 52.6 Å². The van der Waals surface area contributed by atoms with Crippen molar-refractivity contribution >= 4 is 58.0 Å². The second-order valence-electron chi connectivity index (χ2n) is 4.99. The average molecular weight is 425 g/mol. The van der Waals surface area contributed by atoms with E-state index in [1.54, 1.807) is 18.2 Å². The van der Waals surface area contributed by atoms with E-state index in [2.05, 4.69) is 14.9 Å². The van der Waals surface area contributed by atoms with Crippen molar-refractivity contribution in [1.82, 2.24) is 14.9 Å². The third-order valence-electron chi connectivity index (χ3n) is 3.30. The summed E-state index contributed by atoms with van der Waals surface area (Å²) in [5.74, 6) is -0.0918. The smallest absolute Gasteiger partial charge is 0.215 e. The van der Waals surface area contributed by atoms with Crippen LogP contribution in [-0.2, 0) is 15.8 Å². The Hall–Kier alpha value is 0.210. The molecular weight excluding hydrogens is 404 g/mol. The summed E-state index contributed by atoms with van der Waals surface area (Å²) in [6.45, 7) is 4.96. The Kier molecular flexibility index (Phi) is 11.0. The Morgan fingerprint density at radius 2 is 1.78 bits per heavy atom. The van der Waals surface area contributed by atoms with Gasteiger partial charge in [-0.2, -0.15) is 0 Å². The lowest BCUT2D eigenvalue weighted by Crippen LogP contribution is -2.46. The molecule has 0 spiro atoms. The maximum Gasteiger partial charge on any atom is 0.215 e. The quantitative estimate of drug-likeness (QED) is 0.734. The van der Waals surface area contributed by atoms with Gasteiger partial charge in [0.15, 0.2) is 0 Å². The van der Waals surface area contributed by atoms with Crippen molar-refractivity contribution < 1.29 is 8.42 Å². The van der Waals surface area contributed by atoms with Crippen molar-refractivity contribution in [3.8, 4) is 0 Å². The van der Waals surface area contributed by atoms with Gasteiger partial charge in [-0.25, -0.2) is 13.1 Å². The molecule has 10 heteroatoms. The molecule has 1 fully saturated rings. The minimum Gasteiger partial charge on any atom is -0.314 e. The third kappa shape index (κ3) is 8.23. The number of piperazine rings is 1. The highest BCUT2D eigenvalue weighted by atomic mass is 35.5. The molecule has 1 aliphatic rings. The molecule has 0 atom stereocenters. The Morgan fingerprint density at radius 3 is 2.39 bits per heavy atom. The highest BCUT2D eigenvalue weighted by molar-refractivity contribution is 7.88. The molecule has 2 rings (SSSR count). The molecule has 0 unspecified atom stereocenters. The summed E-state index contributed by atoms with van der Waals surface area (Å²) in [5, 5.41) is 4.05. The van der Waals surface area contributed by atoms with Crippen LogP contribution in [0.25, 0.3) is 0 Å². The van der Waals surface area contributed by atoms with Gasteiger partial charge in [0.25, 0.3) is 0 Å². The van der Waals surface area contributed by atoms with Crippen LogP contribution in [0.1, 0.15) is 5.56 Å². The van der Waals surface area contributed by atoms with Crippen molar-refractivity contribution in [2.24, 2.45) is 0 Å². The molecule has 134 valence electrons. The van der Waals surface area contributed by atoms with E-state index in [-0.39, 0.29) is 30.6 Å². The second kappa shape index (κ2) is 10.9. The van der Waals surface area contributed by atoms with Crippen LogP contribution in [0.15, 0.2) is 18.2 Å². The molecule has 5 nitrogen and oxygen atoms in total. The Bertz CT molecular complexity index is 581. The molecule has 2 N–H and O–H groups in total. The molecule has 0 aliphatic carbocycles. The lowest BCUT2D eigenvalue weighted by atomic mass is 10.2. The molecule has 0 saturated carbocycles. The number of rotatable bonds is 6. The summed E-state index contributed by atoms with van der Waals surface area (Å²) in [5.41, 5.74) is 0.624. The monoisotopic (exact) mass is 423 g/mol. The first-order valence-electron chi connectivity index (χ1n) is 6.81. The van der Waals surface area contributed by atoms with Gasteiger partial charge in [-0.1, -0.05) is 29.3 Å². The Labute approximate surface area is 160 Å². The fourth-order valence-corrected chi connectivity index (χ4v) is 3.64. The largest absolute Gasteiger partial charge is 0.314 e. The van der Waals surface area contributed by atoms with Crippen molar-refractivity contribution in [2.45, 2.75) is 5.75 Å². The fraction of sp³-hybridized carbons (Fsp3) is 0.538. The first-order chi connectivity index (χ1) is 9.96. The molecule has 1 saturated heterocycles. The van der Waals surface area contributed by atoms with Gasteiger partial charge in [-0.3, -0.25) is 4.90 Å². The van der Waals surface area contributed by atoms with Crippen LogP contribution in [0.2, 0.25) is 10.0 Å². The van der Waals surface area contributed by atoms with Gasteiger partial charge in [-0.05, 0) is 17.7 Å². The van der Waals surface area contributed by atoms with Gasteiger partial charge in [-0.15, -0.1) is 24.8 Å². The molecule has 23 heavy (non-hydrogen) atoms. The zero-order chi connectivity index (χ0) is 15.3. The normalized spacial score (nSPS) is 15.6. The zero-order valence-electron chi connectivity index (χ0n) is 12.4. The van der Waals surface area contributed by atoms with Crippen LogP contribution >= 0.6 is 48.0 Å². The lowest BCUT2D eigenvalue weighted by Gasteiger charge is -2.27. The fourth-order valence-electron chi connectivity index (χ4n) is 2.19. The van der Waals surface area contributed by atoms with Gasteiger partial charge >= 0.3 is 0 Å². The Morgan fingerprint density at radius 1 is 1.13 bits per heavy atom. The molecule has 1 heterocycles. The highest BCUT2D eigenvalue weighted by Gasteiger charge is 2.14. The Balaban J connectivity index is 0.00000242. The molecule has 0 bridgehead atoms. The van der Waals surface area contributed by atoms with Crippen molar-refractivity contribution in [3.63, 3.8) is 0 Å². The number of nitrogens with zero attached hydrogens (tertiary/aromatic N) is 1. The molecule has 0 aromatic heterocycles. The summed E-state index contributed by atoms with van der Waals surface area (Å²) in [7, 11) is -3.36. The van der Waals surface area contributed by atoms with Crippen LogP contribution in [0.3, 0.4) is 0 Å². The maximum absolute atomic E-state index is 12.0. The first-order valence-corrected chi connectivity index (χ1v) is 9.21. The molecule has 0 radical (unpaired) electrons. The number of hydrogen-bond donors (Lipinski definition) is 2. The summed E-state index contributed by atoms with van der Waals surface area (Å²) in [4.78, 5) is 2.23. The maximum atomic E-state index is 12.0. The highest BCUT2D eigenvalue weighted by Crippen LogP contribution is 2.23. The van der Waals surface area contributed by atoms with Crippen molar-refractivity contribution in [1.29, 1.82) is 0 Å². The van der Waals surface area contributed by atoms with Crippen LogP contribution in [0.4, 0.5) is 0 Å². The number of halogens is 4. The number of sulfonamides is 1. The van der Waals surface area contributed by atoms with E-state index >= 15 is 0 Å². The summed E-state index contributed by atoms with van der Waals surface area (Å²) in [6, 6.07) is 4.86. The van der Waals surface area contributed by atoms with Gasteiger partial charge in [0.1, 0.15) is 0 Å². The predicted octanol–water partition coefficient (Wildman–Crippen LogP) is 2.16. The lowest BCUT2D eigenvalue weighted by molar-refractivity contribution is 0.245. The van der Waals surface area contributed by atoms with Gasteiger partial charge in [0.05, 0.1) is 15.8 Å².